The van der Waals surface area contributed by atoms with Crippen LogP contribution < -0.4 is 4.72 Å². The van der Waals surface area contributed by atoms with Crippen LogP contribution in [0.2, 0.25) is 0 Å². The highest BCUT2D eigenvalue weighted by Crippen LogP contribution is 2.26. The number of hydrogen-bond donors (Lipinski definition) is 1. The van der Waals surface area contributed by atoms with Gasteiger partial charge in [0.15, 0.2) is 0 Å². The number of sulfonamides is 1. The van der Waals surface area contributed by atoms with E-state index >= 15 is 0 Å². The Morgan fingerprint density at radius 3 is 2.56 bits per heavy atom. The van der Waals surface area contributed by atoms with E-state index < -0.39 is 16.0 Å². The number of anilines is 1. The van der Waals surface area contributed by atoms with Gasteiger partial charge in [-0.15, -0.1) is 11.3 Å². The van der Waals surface area contributed by atoms with Crippen LogP contribution in [0.3, 0.4) is 0 Å². The van der Waals surface area contributed by atoms with Crippen LogP contribution in [-0.4, -0.2) is 13.4 Å². The molecule has 0 radical (unpaired) electrons. The minimum Gasteiger partial charge on any atom is -0.278 e. The maximum atomic E-state index is 12.6. The van der Waals surface area contributed by atoms with Crippen molar-refractivity contribution in [1.82, 2.24) is 4.98 Å². The summed E-state index contributed by atoms with van der Waals surface area (Å²) in [5.41, 5.74) is 0.236. The smallest absolute Gasteiger partial charge is 0.263 e. The predicted octanol–water partition coefficient (Wildman–Crippen LogP) is 2.70. The normalized spacial score (nSPS) is 11.5. The van der Waals surface area contributed by atoms with Gasteiger partial charge in [0.25, 0.3) is 10.0 Å². The molecule has 0 aliphatic rings. The number of nitrogens with one attached hydrogen (secondary N) is 1. The Morgan fingerprint density at radius 1 is 1.33 bits per heavy atom. The molecule has 18 heavy (non-hydrogen) atoms. The number of rotatable bonds is 3. The maximum Gasteiger partial charge on any atom is 0.263 e. The summed E-state index contributed by atoms with van der Waals surface area (Å²) in [4.78, 5) is 5.28. The molecular weight excluding hydrogens is 275 g/mol. The minimum atomic E-state index is -3.64. The van der Waals surface area contributed by atoms with Gasteiger partial charge in [-0.25, -0.2) is 13.4 Å². The van der Waals surface area contributed by atoms with Crippen molar-refractivity contribution in [1.29, 1.82) is 0 Å². The molecule has 0 amide bonds. The molecule has 2 aromatic rings. The van der Waals surface area contributed by atoms with Crippen LogP contribution in [-0.2, 0) is 10.0 Å². The molecular formula is C11H11FN2O2S2. The third-order valence-corrected chi connectivity index (χ3v) is 4.87. The second kappa shape index (κ2) is 4.66. The molecule has 0 fully saturated rings. The molecule has 0 unspecified atom stereocenters. The first kappa shape index (κ1) is 13.0. The summed E-state index contributed by atoms with van der Waals surface area (Å²) in [7, 11) is -3.64. The van der Waals surface area contributed by atoms with E-state index in [0.29, 0.717) is 0 Å². The lowest BCUT2D eigenvalue weighted by Crippen LogP contribution is -2.13. The van der Waals surface area contributed by atoms with E-state index in [-0.39, 0.29) is 10.6 Å². The maximum absolute atomic E-state index is 12.6. The van der Waals surface area contributed by atoms with Gasteiger partial charge >= 0.3 is 0 Å². The van der Waals surface area contributed by atoms with Gasteiger partial charge in [0, 0.05) is 9.75 Å². The third-order valence-electron chi connectivity index (χ3n) is 2.26. The van der Waals surface area contributed by atoms with Crippen LogP contribution in [0.5, 0.6) is 0 Å². The zero-order valence-corrected chi connectivity index (χ0v) is 11.4. The minimum absolute atomic E-state index is 0.236. The van der Waals surface area contributed by atoms with Crippen LogP contribution in [0.1, 0.15) is 9.75 Å². The number of aromatic nitrogens is 1. The lowest BCUT2D eigenvalue weighted by molar-refractivity contribution is 0.583. The van der Waals surface area contributed by atoms with Crippen LogP contribution in [0.25, 0.3) is 0 Å². The average molecular weight is 286 g/mol. The number of nitrogens with zero attached hydrogens (tertiary/aromatic N) is 1. The molecule has 2 rings (SSSR count). The highest BCUT2D eigenvalue weighted by Gasteiger charge is 2.19. The first-order chi connectivity index (χ1) is 8.38. The van der Waals surface area contributed by atoms with Crippen LogP contribution >= 0.6 is 11.3 Å². The van der Waals surface area contributed by atoms with Gasteiger partial charge in [0.2, 0.25) is 5.95 Å². The van der Waals surface area contributed by atoms with Crippen molar-refractivity contribution in [3.05, 3.63) is 40.1 Å². The number of pyridine rings is 1. The monoisotopic (exact) mass is 286 g/mol. The predicted molar refractivity (Wildman–Crippen MR) is 68.8 cm³/mol. The Labute approximate surface area is 109 Å². The Hall–Kier alpha value is -1.47. The SMILES string of the molecule is Cc1cc(S(=O)(=O)Nc2ccc(F)nc2)c(C)s1. The lowest BCUT2D eigenvalue weighted by atomic mass is 10.4. The zero-order valence-electron chi connectivity index (χ0n) is 9.77. The fraction of sp³-hybridized carbons (Fsp3) is 0.182. The fourth-order valence-corrected chi connectivity index (χ4v) is 4.12. The van der Waals surface area contributed by atoms with E-state index in [2.05, 4.69) is 9.71 Å². The number of halogens is 1. The van der Waals surface area contributed by atoms with Gasteiger partial charge < -0.3 is 0 Å². The summed E-state index contributed by atoms with van der Waals surface area (Å²) in [6.07, 6.45) is 1.14. The van der Waals surface area contributed by atoms with E-state index in [1.165, 1.54) is 17.4 Å². The molecule has 96 valence electrons. The van der Waals surface area contributed by atoms with E-state index in [0.717, 1.165) is 22.0 Å². The van der Waals surface area contributed by atoms with Crippen LogP contribution in [0.15, 0.2) is 29.3 Å². The summed E-state index contributed by atoms with van der Waals surface area (Å²) in [6, 6.07) is 4.04. The fourth-order valence-electron chi connectivity index (χ4n) is 1.52. The van der Waals surface area contributed by atoms with Gasteiger partial charge in [-0.2, -0.15) is 4.39 Å². The van der Waals surface area contributed by atoms with Gasteiger partial charge in [-0.05, 0) is 32.0 Å². The van der Waals surface area contributed by atoms with Gasteiger partial charge in [-0.3, -0.25) is 4.72 Å². The van der Waals surface area contributed by atoms with Gasteiger partial charge in [0.1, 0.15) is 4.90 Å². The standard InChI is InChI=1S/C11H11FN2O2S2/c1-7-5-10(8(2)17-7)18(15,16)14-9-3-4-11(12)13-6-9/h3-6,14H,1-2H3. The Morgan fingerprint density at radius 2 is 2.06 bits per heavy atom. The van der Waals surface area contributed by atoms with E-state index in [1.54, 1.807) is 13.0 Å². The highest BCUT2D eigenvalue weighted by molar-refractivity contribution is 7.93. The van der Waals surface area contributed by atoms with Crippen LogP contribution in [0, 0.1) is 19.8 Å². The molecule has 2 heterocycles. The summed E-state index contributed by atoms with van der Waals surface area (Å²) in [6.45, 7) is 3.59. The molecule has 0 aromatic carbocycles. The van der Waals surface area contributed by atoms with Crippen molar-refractivity contribution in [3.63, 3.8) is 0 Å². The summed E-state index contributed by atoms with van der Waals surface area (Å²) < 4.78 is 39.2. The molecule has 0 saturated heterocycles. The topological polar surface area (TPSA) is 59.1 Å². The summed E-state index contributed by atoms with van der Waals surface area (Å²) in [5.74, 6) is -0.652. The quantitative estimate of drug-likeness (QED) is 0.883. The van der Waals surface area contributed by atoms with Crippen LogP contribution in [0.4, 0.5) is 10.1 Å². The zero-order chi connectivity index (χ0) is 13.3. The Kier molecular flexibility index (Phi) is 3.36. The Bertz CT molecular complexity index is 663. The van der Waals surface area contributed by atoms with Gasteiger partial charge in [-0.1, -0.05) is 0 Å². The molecule has 0 aliphatic carbocycles. The highest BCUT2D eigenvalue weighted by atomic mass is 32.2. The van der Waals surface area contributed by atoms with E-state index in [1.807, 2.05) is 6.92 Å². The third kappa shape index (κ3) is 2.68. The van der Waals surface area contributed by atoms with Crippen molar-refractivity contribution in [2.75, 3.05) is 4.72 Å². The van der Waals surface area contributed by atoms with E-state index in [9.17, 15) is 12.8 Å². The first-order valence-corrected chi connectivity index (χ1v) is 7.40. The van der Waals surface area contributed by atoms with Crippen molar-refractivity contribution in [2.24, 2.45) is 0 Å². The number of aryl methyl sites for hydroxylation is 2. The summed E-state index contributed by atoms with van der Waals surface area (Å²) >= 11 is 1.41. The molecule has 2 aromatic heterocycles. The first-order valence-electron chi connectivity index (χ1n) is 5.10. The number of hydrogen-bond acceptors (Lipinski definition) is 4. The molecule has 0 saturated carbocycles. The second-order valence-electron chi connectivity index (χ2n) is 3.75. The largest absolute Gasteiger partial charge is 0.278 e. The van der Waals surface area contributed by atoms with Crippen molar-refractivity contribution in [3.8, 4) is 0 Å². The Balaban J connectivity index is 2.33. The van der Waals surface area contributed by atoms with Gasteiger partial charge in [0.05, 0.1) is 11.9 Å². The molecule has 0 aliphatic heterocycles. The van der Waals surface area contributed by atoms with Crippen molar-refractivity contribution < 1.29 is 12.8 Å². The molecule has 0 atom stereocenters. The number of thiophene rings is 1. The molecule has 0 spiro atoms. The van der Waals surface area contributed by atoms with Crippen molar-refractivity contribution in [2.45, 2.75) is 18.7 Å². The van der Waals surface area contributed by atoms with E-state index in [4.69, 9.17) is 0 Å². The second-order valence-corrected chi connectivity index (χ2v) is 6.86. The molecule has 4 nitrogen and oxygen atoms in total. The lowest BCUT2D eigenvalue weighted by Gasteiger charge is -2.06. The average Bonchev–Trinajstić information content (AvgIpc) is 2.62. The molecule has 1 N–H and O–H groups in total. The van der Waals surface area contributed by atoms with Crippen molar-refractivity contribution >= 4 is 27.0 Å². The molecule has 0 bridgehead atoms. The summed E-state index contributed by atoms with van der Waals surface area (Å²) in [5, 5.41) is 0. The molecule has 7 heteroatoms.